The van der Waals surface area contributed by atoms with E-state index in [2.05, 4.69) is 28.7 Å². The van der Waals surface area contributed by atoms with Crippen molar-refractivity contribution in [3.05, 3.63) is 34.1 Å². The maximum absolute atomic E-state index is 14.1. The van der Waals surface area contributed by atoms with Gasteiger partial charge in [0.1, 0.15) is 5.82 Å². The molecule has 0 bridgehead atoms. The van der Waals surface area contributed by atoms with E-state index in [4.69, 9.17) is 11.6 Å². The van der Waals surface area contributed by atoms with E-state index in [1.54, 1.807) is 12.1 Å². The van der Waals surface area contributed by atoms with Crippen molar-refractivity contribution in [2.75, 3.05) is 46.3 Å². The molecule has 2 aliphatic heterocycles. The minimum atomic E-state index is -0.177. The summed E-state index contributed by atoms with van der Waals surface area (Å²) in [6, 6.07) is 3.94. The number of likely N-dealkylation sites (N-methyl/N-ethyl adjacent to an activating group) is 1. The summed E-state index contributed by atoms with van der Waals surface area (Å²) in [7, 11) is 2.20. The van der Waals surface area contributed by atoms with Crippen molar-refractivity contribution >= 4 is 11.6 Å². The average molecular weight is 368 g/mol. The van der Waals surface area contributed by atoms with Crippen LogP contribution in [0.5, 0.6) is 0 Å². The number of hydrogen-bond donors (Lipinski definition) is 0. The SMILES string of the molecule is Cc1ccc(F)c(CN2CCC(C(C)N3CCN(C)CC3)CC2)c1Cl. The van der Waals surface area contributed by atoms with Gasteiger partial charge >= 0.3 is 0 Å². The molecule has 2 saturated heterocycles. The van der Waals surface area contributed by atoms with Gasteiger partial charge in [-0.3, -0.25) is 9.80 Å². The third kappa shape index (κ3) is 4.54. The molecule has 25 heavy (non-hydrogen) atoms. The number of rotatable bonds is 4. The van der Waals surface area contributed by atoms with Crippen LogP contribution in [0.25, 0.3) is 0 Å². The van der Waals surface area contributed by atoms with Crippen molar-refractivity contribution in [1.29, 1.82) is 0 Å². The van der Waals surface area contributed by atoms with Crippen molar-refractivity contribution in [3.63, 3.8) is 0 Å². The van der Waals surface area contributed by atoms with E-state index in [0.717, 1.165) is 24.6 Å². The van der Waals surface area contributed by atoms with Crippen LogP contribution in [-0.4, -0.2) is 67.1 Å². The third-order valence-corrected chi connectivity index (χ3v) is 6.72. The molecule has 0 aliphatic carbocycles. The standard InChI is InChI=1S/C20H31ClFN3/c1-15-4-5-19(22)18(20(15)21)14-24-8-6-17(7-9-24)16(2)25-12-10-23(3)11-13-25/h4-5,16-17H,6-14H2,1-3H3. The van der Waals surface area contributed by atoms with Crippen molar-refractivity contribution in [1.82, 2.24) is 14.7 Å². The molecular formula is C20H31ClFN3. The minimum absolute atomic E-state index is 0.177. The predicted molar refractivity (Wildman–Crippen MR) is 103 cm³/mol. The summed E-state index contributed by atoms with van der Waals surface area (Å²) >= 11 is 6.33. The van der Waals surface area contributed by atoms with Crippen molar-refractivity contribution in [3.8, 4) is 0 Å². The molecule has 1 atom stereocenters. The molecule has 1 aromatic carbocycles. The first kappa shape index (κ1) is 19.1. The lowest BCUT2D eigenvalue weighted by molar-refractivity contribution is 0.0596. The molecule has 3 nitrogen and oxygen atoms in total. The lowest BCUT2D eigenvalue weighted by Gasteiger charge is -2.42. The first-order valence-corrected chi connectivity index (χ1v) is 9.92. The van der Waals surface area contributed by atoms with Gasteiger partial charge in [-0.05, 0) is 64.4 Å². The molecule has 0 N–H and O–H groups in total. The van der Waals surface area contributed by atoms with Gasteiger partial charge in [-0.1, -0.05) is 17.7 Å². The largest absolute Gasteiger partial charge is 0.304 e. The predicted octanol–water partition coefficient (Wildman–Crippen LogP) is 3.64. The Morgan fingerprint density at radius 1 is 1.12 bits per heavy atom. The van der Waals surface area contributed by atoms with Gasteiger partial charge in [0, 0.05) is 44.3 Å². The average Bonchev–Trinajstić information content (AvgIpc) is 2.62. The normalized spacial score (nSPS) is 23.1. The molecule has 5 heteroatoms. The van der Waals surface area contributed by atoms with Gasteiger partial charge in [-0.2, -0.15) is 0 Å². The second kappa shape index (κ2) is 8.34. The number of piperidine rings is 1. The van der Waals surface area contributed by atoms with Crippen LogP contribution >= 0.6 is 11.6 Å². The molecule has 140 valence electrons. The van der Waals surface area contributed by atoms with E-state index in [1.165, 1.54) is 39.0 Å². The zero-order valence-electron chi connectivity index (χ0n) is 15.8. The highest BCUT2D eigenvalue weighted by atomic mass is 35.5. The highest BCUT2D eigenvalue weighted by molar-refractivity contribution is 6.32. The Bertz CT molecular complexity index is 579. The van der Waals surface area contributed by atoms with Crippen LogP contribution in [-0.2, 0) is 6.54 Å². The number of hydrogen-bond acceptors (Lipinski definition) is 3. The second-order valence-electron chi connectivity index (χ2n) is 7.85. The van der Waals surface area contributed by atoms with E-state index >= 15 is 0 Å². The van der Waals surface area contributed by atoms with Gasteiger partial charge in [0.15, 0.2) is 0 Å². The molecule has 0 amide bonds. The molecule has 3 rings (SSSR count). The van der Waals surface area contributed by atoms with Gasteiger partial charge in [-0.25, -0.2) is 4.39 Å². The maximum Gasteiger partial charge on any atom is 0.129 e. The minimum Gasteiger partial charge on any atom is -0.304 e. The molecule has 0 saturated carbocycles. The number of likely N-dealkylation sites (tertiary alicyclic amines) is 1. The topological polar surface area (TPSA) is 9.72 Å². The fourth-order valence-electron chi connectivity index (χ4n) is 4.20. The van der Waals surface area contributed by atoms with Gasteiger partial charge < -0.3 is 4.90 Å². The molecular weight excluding hydrogens is 337 g/mol. The Labute approximate surface area is 156 Å². The van der Waals surface area contributed by atoms with Gasteiger partial charge in [0.25, 0.3) is 0 Å². The number of halogens is 2. The lowest BCUT2D eigenvalue weighted by atomic mass is 9.89. The summed E-state index contributed by atoms with van der Waals surface area (Å²) in [5, 5.41) is 0.591. The van der Waals surface area contributed by atoms with Crippen molar-refractivity contribution < 1.29 is 4.39 Å². The van der Waals surface area contributed by atoms with E-state index in [-0.39, 0.29) is 5.82 Å². The van der Waals surface area contributed by atoms with E-state index < -0.39 is 0 Å². The first-order chi connectivity index (χ1) is 12.0. The Kier molecular flexibility index (Phi) is 6.37. The molecule has 2 fully saturated rings. The molecule has 2 heterocycles. The summed E-state index contributed by atoms with van der Waals surface area (Å²) in [5.41, 5.74) is 1.61. The van der Waals surface area contributed by atoms with Gasteiger partial charge in [0.05, 0.1) is 5.02 Å². The highest BCUT2D eigenvalue weighted by Gasteiger charge is 2.29. The van der Waals surface area contributed by atoms with Crippen molar-refractivity contribution in [2.45, 2.75) is 39.3 Å². The fraction of sp³-hybridized carbons (Fsp3) is 0.700. The molecule has 1 aromatic rings. The first-order valence-electron chi connectivity index (χ1n) is 9.54. The van der Waals surface area contributed by atoms with Gasteiger partial charge in [-0.15, -0.1) is 0 Å². The zero-order valence-corrected chi connectivity index (χ0v) is 16.5. The van der Waals surface area contributed by atoms with Gasteiger partial charge in [0.2, 0.25) is 0 Å². The van der Waals surface area contributed by atoms with E-state index in [1.807, 2.05) is 6.92 Å². The molecule has 0 aromatic heterocycles. The number of aryl methyl sites for hydroxylation is 1. The molecule has 2 aliphatic rings. The Balaban J connectivity index is 1.53. The van der Waals surface area contributed by atoms with Crippen LogP contribution < -0.4 is 0 Å². The van der Waals surface area contributed by atoms with E-state index in [9.17, 15) is 4.39 Å². The van der Waals surface area contributed by atoms with Crippen LogP contribution in [0, 0.1) is 18.7 Å². The number of benzene rings is 1. The zero-order chi connectivity index (χ0) is 18.0. The van der Waals surface area contributed by atoms with E-state index in [0.29, 0.717) is 23.2 Å². The lowest BCUT2D eigenvalue weighted by Crippen LogP contribution is -2.51. The summed E-state index contributed by atoms with van der Waals surface area (Å²) in [5.74, 6) is 0.570. The Hall–Kier alpha value is -0.680. The Morgan fingerprint density at radius 2 is 1.76 bits per heavy atom. The maximum atomic E-state index is 14.1. The quantitative estimate of drug-likeness (QED) is 0.804. The monoisotopic (exact) mass is 367 g/mol. The Morgan fingerprint density at radius 3 is 2.40 bits per heavy atom. The summed E-state index contributed by atoms with van der Waals surface area (Å²) in [6.45, 7) is 11.7. The second-order valence-corrected chi connectivity index (χ2v) is 8.23. The molecule has 1 unspecified atom stereocenters. The van der Waals surface area contributed by atoms with Crippen LogP contribution in [0.3, 0.4) is 0 Å². The number of piperazine rings is 1. The molecule has 0 radical (unpaired) electrons. The highest BCUT2D eigenvalue weighted by Crippen LogP contribution is 2.29. The fourth-order valence-corrected chi connectivity index (χ4v) is 4.42. The third-order valence-electron chi connectivity index (χ3n) is 6.19. The molecule has 0 spiro atoms. The summed E-state index contributed by atoms with van der Waals surface area (Å²) < 4.78 is 14.1. The van der Waals surface area contributed by atoms with Crippen molar-refractivity contribution in [2.24, 2.45) is 5.92 Å². The van der Waals surface area contributed by atoms with Crippen LogP contribution in [0.2, 0.25) is 5.02 Å². The van der Waals surface area contributed by atoms with Crippen LogP contribution in [0.1, 0.15) is 30.9 Å². The van der Waals surface area contributed by atoms with Crippen LogP contribution in [0.15, 0.2) is 12.1 Å². The summed E-state index contributed by atoms with van der Waals surface area (Å²) in [6.07, 6.45) is 2.39. The summed E-state index contributed by atoms with van der Waals surface area (Å²) in [4.78, 5) is 7.42. The number of nitrogens with zero attached hydrogens (tertiary/aromatic N) is 3. The van der Waals surface area contributed by atoms with Crippen LogP contribution in [0.4, 0.5) is 4.39 Å². The smallest absolute Gasteiger partial charge is 0.129 e.